The molecule has 1 N–H and O–H groups in total. The Bertz CT molecular complexity index is 573. The van der Waals surface area contributed by atoms with E-state index in [1.807, 2.05) is 6.07 Å². The number of halogens is 1. The summed E-state index contributed by atoms with van der Waals surface area (Å²) in [6, 6.07) is 7.01. The van der Waals surface area contributed by atoms with Crippen LogP contribution in [0.4, 0.5) is 5.82 Å². The van der Waals surface area contributed by atoms with Crippen LogP contribution in [0.25, 0.3) is 0 Å². The van der Waals surface area contributed by atoms with Gasteiger partial charge in [0.2, 0.25) is 5.88 Å². The van der Waals surface area contributed by atoms with Crippen LogP contribution in [0.15, 0.2) is 30.5 Å². The topological polar surface area (TPSA) is 64.1 Å². The molecule has 0 amide bonds. The number of methoxy groups -OCH3 is 1. The fourth-order valence-electron chi connectivity index (χ4n) is 1.46. The van der Waals surface area contributed by atoms with Crippen molar-refractivity contribution in [3.8, 4) is 5.88 Å². The first kappa shape index (κ1) is 13.3. The predicted molar refractivity (Wildman–Crippen MR) is 72.8 cm³/mol. The first-order valence-corrected chi connectivity index (χ1v) is 5.95. The molecule has 2 rings (SSSR count). The Labute approximate surface area is 115 Å². The summed E-state index contributed by atoms with van der Waals surface area (Å²) in [6.07, 6.45) is 2.39. The molecule has 0 atom stereocenters. The summed E-state index contributed by atoms with van der Waals surface area (Å²) >= 11 is 5.84. The minimum absolute atomic E-state index is 0.188. The van der Waals surface area contributed by atoms with E-state index < -0.39 is 0 Å². The highest BCUT2D eigenvalue weighted by atomic mass is 35.5. The molecule has 0 radical (unpaired) electrons. The minimum Gasteiger partial charge on any atom is -0.481 e. The number of anilines is 1. The summed E-state index contributed by atoms with van der Waals surface area (Å²) in [7, 11) is 1.57. The molecule has 98 valence electrons. The lowest BCUT2D eigenvalue weighted by molar-refractivity contribution is 0.112. The fraction of sp³-hybridized carbons (Fsp3) is 0.154. The second kappa shape index (κ2) is 6.15. The minimum atomic E-state index is 0.188. The lowest BCUT2D eigenvalue weighted by Gasteiger charge is -2.07. The Kier molecular flexibility index (Phi) is 4.30. The van der Waals surface area contributed by atoms with E-state index in [1.165, 1.54) is 0 Å². The molecule has 0 unspecified atom stereocenters. The number of rotatable bonds is 5. The third-order valence-corrected chi connectivity index (χ3v) is 2.79. The highest BCUT2D eigenvalue weighted by Gasteiger charge is 2.02. The van der Waals surface area contributed by atoms with Crippen molar-refractivity contribution in [3.05, 3.63) is 46.7 Å². The van der Waals surface area contributed by atoms with Gasteiger partial charge in [-0.2, -0.15) is 0 Å². The molecule has 0 aliphatic rings. The van der Waals surface area contributed by atoms with Crippen LogP contribution < -0.4 is 10.1 Å². The van der Waals surface area contributed by atoms with Crippen LogP contribution in [-0.2, 0) is 6.54 Å². The summed E-state index contributed by atoms with van der Waals surface area (Å²) in [5, 5.41) is 3.29. The number of aromatic nitrogens is 2. The van der Waals surface area contributed by atoms with E-state index in [0.717, 1.165) is 5.56 Å². The highest BCUT2D eigenvalue weighted by molar-refractivity contribution is 6.31. The maximum absolute atomic E-state index is 10.6. The van der Waals surface area contributed by atoms with Gasteiger partial charge in [-0.25, -0.2) is 9.97 Å². The monoisotopic (exact) mass is 277 g/mol. The molecule has 2 aromatic heterocycles. The lowest BCUT2D eigenvalue weighted by atomic mass is 10.2. The van der Waals surface area contributed by atoms with E-state index in [1.54, 1.807) is 31.5 Å². The van der Waals surface area contributed by atoms with Crippen LogP contribution >= 0.6 is 11.6 Å². The molecule has 0 saturated heterocycles. The molecule has 0 spiro atoms. The van der Waals surface area contributed by atoms with Gasteiger partial charge >= 0.3 is 0 Å². The zero-order valence-corrected chi connectivity index (χ0v) is 11.0. The molecule has 0 saturated carbocycles. The Morgan fingerprint density at radius 2 is 2.21 bits per heavy atom. The summed E-state index contributed by atoms with van der Waals surface area (Å²) in [5.74, 6) is 1.17. The van der Waals surface area contributed by atoms with Crippen molar-refractivity contribution in [1.82, 2.24) is 9.97 Å². The maximum Gasteiger partial charge on any atom is 0.212 e. The number of ether oxygens (including phenoxy) is 1. The van der Waals surface area contributed by atoms with Gasteiger partial charge in [0.25, 0.3) is 0 Å². The second-order valence-corrected chi connectivity index (χ2v) is 4.11. The number of aldehydes is 1. The van der Waals surface area contributed by atoms with Gasteiger partial charge < -0.3 is 10.1 Å². The molecule has 0 aliphatic carbocycles. The van der Waals surface area contributed by atoms with Crippen molar-refractivity contribution >= 4 is 23.7 Å². The molecular formula is C13H12ClN3O2. The van der Waals surface area contributed by atoms with Crippen LogP contribution in [-0.4, -0.2) is 23.4 Å². The summed E-state index contributed by atoms with van der Waals surface area (Å²) < 4.78 is 4.98. The third-order valence-electron chi connectivity index (χ3n) is 2.48. The Hall–Kier alpha value is -2.14. The van der Waals surface area contributed by atoms with Crippen molar-refractivity contribution < 1.29 is 9.53 Å². The van der Waals surface area contributed by atoms with Gasteiger partial charge in [-0.05, 0) is 17.7 Å². The van der Waals surface area contributed by atoms with Gasteiger partial charge in [0.15, 0.2) is 6.29 Å². The number of hydrogen-bond acceptors (Lipinski definition) is 5. The fourth-order valence-corrected chi connectivity index (χ4v) is 1.66. The smallest absolute Gasteiger partial charge is 0.212 e. The maximum atomic E-state index is 10.6. The van der Waals surface area contributed by atoms with Crippen LogP contribution in [0.3, 0.4) is 0 Å². The van der Waals surface area contributed by atoms with Crippen molar-refractivity contribution in [2.45, 2.75) is 6.54 Å². The van der Waals surface area contributed by atoms with Crippen LogP contribution in [0.5, 0.6) is 5.88 Å². The molecule has 6 heteroatoms. The predicted octanol–water partition coefficient (Wildman–Crippen LogP) is 2.56. The molecule has 0 aliphatic heterocycles. The molecule has 2 heterocycles. The Balaban J connectivity index is 2.01. The molecule has 0 bridgehead atoms. The standard InChI is InChI=1S/C13H12ClN3O2/c1-19-12-5-2-9(7-16-12)6-15-11-4-3-10(8-18)13(14)17-11/h2-5,7-8H,6H2,1H3,(H,15,17). The van der Waals surface area contributed by atoms with E-state index in [4.69, 9.17) is 16.3 Å². The van der Waals surface area contributed by atoms with E-state index in [9.17, 15) is 4.79 Å². The lowest BCUT2D eigenvalue weighted by Crippen LogP contribution is -2.02. The number of carbonyl (C=O) groups is 1. The average molecular weight is 278 g/mol. The van der Waals surface area contributed by atoms with Crippen LogP contribution in [0.1, 0.15) is 15.9 Å². The largest absolute Gasteiger partial charge is 0.481 e. The Morgan fingerprint density at radius 3 is 2.79 bits per heavy atom. The zero-order valence-electron chi connectivity index (χ0n) is 10.3. The second-order valence-electron chi connectivity index (χ2n) is 3.76. The quantitative estimate of drug-likeness (QED) is 0.672. The zero-order chi connectivity index (χ0) is 13.7. The van der Waals surface area contributed by atoms with Crippen molar-refractivity contribution in [2.24, 2.45) is 0 Å². The normalized spacial score (nSPS) is 10.0. The number of pyridine rings is 2. The van der Waals surface area contributed by atoms with Crippen LogP contribution in [0.2, 0.25) is 5.15 Å². The van der Waals surface area contributed by atoms with Crippen molar-refractivity contribution in [3.63, 3.8) is 0 Å². The summed E-state index contributed by atoms with van der Waals surface area (Å²) in [6.45, 7) is 0.556. The SMILES string of the molecule is COc1ccc(CNc2ccc(C=O)c(Cl)n2)cn1. The first-order chi connectivity index (χ1) is 9.22. The number of nitrogens with one attached hydrogen (secondary N) is 1. The van der Waals surface area contributed by atoms with E-state index in [-0.39, 0.29) is 5.15 Å². The van der Waals surface area contributed by atoms with Gasteiger partial charge in [0.05, 0.1) is 12.7 Å². The van der Waals surface area contributed by atoms with Crippen molar-refractivity contribution in [2.75, 3.05) is 12.4 Å². The molecule has 19 heavy (non-hydrogen) atoms. The summed E-state index contributed by atoms with van der Waals surface area (Å²) in [4.78, 5) is 18.8. The molecule has 5 nitrogen and oxygen atoms in total. The molecule has 0 fully saturated rings. The number of carbonyl (C=O) groups excluding carboxylic acids is 1. The van der Waals surface area contributed by atoms with Gasteiger partial charge in [0.1, 0.15) is 11.0 Å². The van der Waals surface area contributed by atoms with Gasteiger partial charge in [-0.3, -0.25) is 4.79 Å². The van der Waals surface area contributed by atoms with Gasteiger partial charge in [-0.1, -0.05) is 17.7 Å². The molecule has 2 aromatic rings. The van der Waals surface area contributed by atoms with E-state index in [0.29, 0.717) is 30.1 Å². The van der Waals surface area contributed by atoms with Gasteiger partial charge in [0, 0.05) is 18.8 Å². The first-order valence-electron chi connectivity index (χ1n) is 5.57. The Morgan fingerprint density at radius 1 is 1.37 bits per heavy atom. The van der Waals surface area contributed by atoms with Crippen LogP contribution in [0, 0.1) is 0 Å². The third kappa shape index (κ3) is 3.42. The molecular weight excluding hydrogens is 266 g/mol. The number of hydrogen-bond donors (Lipinski definition) is 1. The highest BCUT2D eigenvalue weighted by Crippen LogP contribution is 2.15. The van der Waals surface area contributed by atoms with E-state index in [2.05, 4.69) is 15.3 Å². The van der Waals surface area contributed by atoms with E-state index >= 15 is 0 Å². The number of nitrogens with zero attached hydrogens (tertiary/aromatic N) is 2. The average Bonchev–Trinajstić information content (AvgIpc) is 2.46. The molecule has 0 aromatic carbocycles. The van der Waals surface area contributed by atoms with Gasteiger partial charge in [-0.15, -0.1) is 0 Å². The van der Waals surface area contributed by atoms with Crippen molar-refractivity contribution in [1.29, 1.82) is 0 Å². The summed E-state index contributed by atoms with van der Waals surface area (Å²) in [5.41, 5.74) is 1.36.